The number of nitrogens with one attached hydrogen (secondary N) is 1. The number of halogens is 1. The first-order chi connectivity index (χ1) is 11.5. The van der Waals surface area contributed by atoms with E-state index in [9.17, 15) is 9.18 Å². The molecule has 2 aromatic carbocycles. The van der Waals surface area contributed by atoms with E-state index in [4.69, 9.17) is 9.47 Å². The van der Waals surface area contributed by atoms with Crippen molar-refractivity contribution in [1.82, 2.24) is 5.32 Å². The zero-order valence-electron chi connectivity index (χ0n) is 13.4. The fourth-order valence-corrected chi connectivity index (χ4v) is 3.50. The van der Waals surface area contributed by atoms with E-state index >= 15 is 0 Å². The predicted molar refractivity (Wildman–Crippen MR) is 86.8 cm³/mol. The second kappa shape index (κ2) is 5.12. The van der Waals surface area contributed by atoms with E-state index in [1.54, 1.807) is 19.2 Å². The molecule has 5 nitrogen and oxygen atoms in total. The molecule has 0 spiro atoms. The molecule has 24 heavy (non-hydrogen) atoms. The molecular formula is C18H17FN2O3. The zero-order chi connectivity index (χ0) is 16.9. The largest absolute Gasteiger partial charge is 0.493 e. The molecule has 2 amide bonds. The summed E-state index contributed by atoms with van der Waals surface area (Å²) >= 11 is 0. The van der Waals surface area contributed by atoms with Gasteiger partial charge in [-0.05, 0) is 37.3 Å². The highest BCUT2D eigenvalue weighted by Crippen LogP contribution is 2.48. The van der Waals surface area contributed by atoms with Crippen LogP contribution >= 0.6 is 0 Å². The molecular weight excluding hydrogens is 311 g/mol. The van der Waals surface area contributed by atoms with Gasteiger partial charge in [0.2, 0.25) is 0 Å². The van der Waals surface area contributed by atoms with Crippen LogP contribution in [0.3, 0.4) is 0 Å². The van der Waals surface area contributed by atoms with Gasteiger partial charge < -0.3 is 14.8 Å². The average Bonchev–Trinajstić information content (AvgIpc) is 2.55. The van der Waals surface area contributed by atoms with Gasteiger partial charge in [-0.3, -0.25) is 4.90 Å². The molecule has 1 saturated heterocycles. The van der Waals surface area contributed by atoms with Gasteiger partial charge in [0.1, 0.15) is 5.82 Å². The molecule has 2 aromatic rings. The Kier molecular flexibility index (Phi) is 3.16. The molecule has 0 aliphatic carbocycles. The van der Waals surface area contributed by atoms with E-state index in [1.807, 2.05) is 25.1 Å². The molecule has 2 aliphatic rings. The standard InChI is InChI=1S/C18H17FN2O3/c1-18-10-14(13-4-3-5-15(23-2)16(13)24-18)20-17(22)21(18)12-8-6-11(19)7-9-12/h3-9,14H,10H2,1-2H3,(H,20,22)/t14-,18+/m1/s1. The van der Waals surface area contributed by atoms with Crippen molar-refractivity contribution in [3.05, 3.63) is 53.8 Å². The maximum atomic E-state index is 13.2. The van der Waals surface area contributed by atoms with Crippen molar-refractivity contribution in [2.45, 2.75) is 25.1 Å². The summed E-state index contributed by atoms with van der Waals surface area (Å²) < 4.78 is 24.9. The van der Waals surface area contributed by atoms with Gasteiger partial charge in [-0.25, -0.2) is 9.18 Å². The summed E-state index contributed by atoms with van der Waals surface area (Å²) in [5.41, 5.74) is 0.596. The number of carbonyl (C=O) groups is 1. The Morgan fingerprint density at radius 1 is 1.29 bits per heavy atom. The van der Waals surface area contributed by atoms with Crippen LogP contribution < -0.4 is 19.7 Å². The Balaban J connectivity index is 1.81. The third-order valence-corrected chi connectivity index (χ3v) is 4.57. The summed E-state index contributed by atoms with van der Waals surface area (Å²) in [7, 11) is 1.59. The molecule has 124 valence electrons. The highest BCUT2D eigenvalue weighted by atomic mass is 19.1. The maximum absolute atomic E-state index is 13.2. The van der Waals surface area contributed by atoms with Gasteiger partial charge in [-0.2, -0.15) is 0 Å². The lowest BCUT2D eigenvalue weighted by molar-refractivity contribution is 0.0349. The molecule has 2 atom stereocenters. The van der Waals surface area contributed by atoms with Crippen molar-refractivity contribution >= 4 is 11.7 Å². The third-order valence-electron chi connectivity index (χ3n) is 4.57. The molecule has 0 aromatic heterocycles. The van der Waals surface area contributed by atoms with Crippen LogP contribution in [-0.2, 0) is 0 Å². The minimum absolute atomic E-state index is 0.155. The fourth-order valence-electron chi connectivity index (χ4n) is 3.50. The van der Waals surface area contributed by atoms with Crippen LogP contribution in [0.5, 0.6) is 11.5 Å². The van der Waals surface area contributed by atoms with Crippen LogP contribution in [0.15, 0.2) is 42.5 Å². The molecule has 2 heterocycles. The number of hydrogen-bond donors (Lipinski definition) is 1. The Morgan fingerprint density at radius 3 is 2.75 bits per heavy atom. The molecule has 6 heteroatoms. The van der Waals surface area contributed by atoms with Crippen molar-refractivity contribution in [1.29, 1.82) is 0 Å². The first kappa shape index (κ1) is 14.8. The Morgan fingerprint density at radius 2 is 2.04 bits per heavy atom. The van der Waals surface area contributed by atoms with Crippen molar-refractivity contribution < 1.29 is 18.7 Å². The summed E-state index contributed by atoms with van der Waals surface area (Å²) in [4.78, 5) is 14.2. The van der Waals surface area contributed by atoms with Crippen molar-refractivity contribution in [2.75, 3.05) is 12.0 Å². The molecule has 1 N–H and O–H groups in total. The van der Waals surface area contributed by atoms with E-state index in [-0.39, 0.29) is 17.9 Å². The van der Waals surface area contributed by atoms with Gasteiger partial charge in [-0.1, -0.05) is 12.1 Å². The van der Waals surface area contributed by atoms with Crippen LogP contribution in [-0.4, -0.2) is 18.9 Å². The molecule has 0 radical (unpaired) electrons. The average molecular weight is 328 g/mol. The van der Waals surface area contributed by atoms with E-state index in [0.29, 0.717) is 23.6 Å². The maximum Gasteiger partial charge on any atom is 0.325 e. The van der Waals surface area contributed by atoms with Crippen LogP contribution in [0.2, 0.25) is 0 Å². The quantitative estimate of drug-likeness (QED) is 0.916. The van der Waals surface area contributed by atoms with Gasteiger partial charge in [0.05, 0.1) is 13.2 Å². The van der Waals surface area contributed by atoms with Gasteiger partial charge in [0.25, 0.3) is 0 Å². The van der Waals surface area contributed by atoms with Crippen LogP contribution in [0, 0.1) is 5.82 Å². The number of methoxy groups -OCH3 is 1. The third kappa shape index (κ3) is 2.10. The van der Waals surface area contributed by atoms with Gasteiger partial charge in [-0.15, -0.1) is 0 Å². The van der Waals surface area contributed by atoms with E-state index in [0.717, 1.165) is 5.56 Å². The van der Waals surface area contributed by atoms with Crippen LogP contribution in [0.25, 0.3) is 0 Å². The number of urea groups is 1. The van der Waals surface area contributed by atoms with Gasteiger partial charge in [0, 0.05) is 17.7 Å². The summed E-state index contributed by atoms with van der Waals surface area (Å²) in [6, 6.07) is 11.0. The zero-order valence-corrected chi connectivity index (χ0v) is 13.4. The number of hydrogen-bond acceptors (Lipinski definition) is 3. The van der Waals surface area contributed by atoms with Gasteiger partial charge >= 0.3 is 6.03 Å². The van der Waals surface area contributed by atoms with E-state index < -0.39 is 5.72 Å². The molecule has 2 bridgehead atoms. The second-order valence-electron chi connectivity index (χ2n) is 6.17. The minimum Gasteiger partial charge on any atom is -0.493 e. The number of rotatable bonds is 2. The minimum atomic E-state index is -0.882. The number of amides is 2. The Labute approximate surface area is 139 Å². The molecule has 2 aliphatic heterocycles. The number of fused-ring (bicyclic) bond motifs is 4. The Bertz CT molecular complexity index is 808. The SMILES string of the molecule is COc1cccc2c1O[C@@]1(C)C[C@H]2NC(=O)N1c1ccc(F)cc1. The lowest BCUT2D eigenvalue weighted by Crippen LogP contribution is -2.65. The summed E-state index contributed by atoms with van der Waals surface area (Å²) in [6.07, 6.45) is 0.580. The van der Waals surface area contributed by atoms with Crippen molar-refractivity contribution in [3.63, 3.8) is 0 Å². The summed E-state index contributed by atoms with van der Waals surface area (Å²) in [6.45, 7) is 1.86. The highest BCUT2D eigenvalue weighted by Gasteiger charge is 2.50. The number of nitrogens with zero attached hydrogens (tertiary/aromatic N) is 1. The van der Waals surface area contributed by atoms with Crippen molar-refractivity contribution in [2.24, 2.45) is 0 Å². The van der Waals surface area contributed by atoms with Gasteiger partial charge in [0.15, 0.2) is 17.2 Å². The highest BCUT2D eigenvalue weighted by molar-refractivity contribution is 5.95. The molecule has 0 unspecified atom stereocenters. The lowest BCUT2D eigenvalue weighted by atomic mass is 9.90. The number of ether oxygens (including phenoxy) is 2. The summed E-state index contributed by atoms with van der Waals surface area (Å²) in [5, 5.41) is 3.00. The summed E-state index contributed by atoms with van der Waals surface area (Å²) in [5.74, 6) is 0.903. The number of carbonyl (C=O) groups excluding carboxylic acids is 1. The number of para-hydroxylation sites is 1. The Hall–Kier alpha value is -2.76. The smallest absolute Gasteiger partial charge is 0.325 e. The van der Waals surface area contributed by atoms with E-state index in [1.165, 1.54) is 17.0 Å². The molecule has 0 saturated carbocycles. The predicted octanol–water partition coefficient (Wildman–Crippen LogP) is 3.60. The van der Waals surface area contributed by atoms with Crippen LogP contribution in [0.1, 0.15) is 24.9 Å². The van der Waals surface area contributed by atoms with E-state index in [2.05, 4.69) is 5.32 Å². The van der Waals surface area contributed by atoms with Crippen molar-refractivity contribution in [3.8, 4) is 11.5 Å². The molecule has 4 rings (SSSR count). The number of benzene rings is 2. The first-order valence-electron chi connectivity index (χ1n) is 7.74. The first-order valence-corrected chi connectivity index (χ1v) is 7.74. The normalized spacial score (nSPS) is 24.7. The fraction of sp³-hybridized carbons (Fsp3) is 0.278. The van der Waals surface area contributed by atoms with Crippen LogP contribution in [0.4, 0.5) is 14.9 Å². The second-order valence-corrected chi connectivity index (χ2v) is 6.17. The topological polar surface area (TPSA) is 50.8 Å². The molecule has 1 fully saturated rings. The number of anilines is 1. The lowest BCUT2D eigenvalue weighted by Gasteiger charge is -2.50. The monoisotopic (exact) mass is 328 g/mol.